The van der Waals surface area contributed by atoms with E-state index in [1.807, 2.05) is 4.90 Å². The number of nitrogens with zero attached hydrogens (tertiary/aromatic N) is 4. The van der Waals surface area contributed by atoms with Crippen LogP contribution in [0.3, 0.4) is 0 Å². The lowest BCUT2D eigenvalue weighted by molar-refractivity contribution is 0.107. The van der Waals surface area contributed by atoms with Gasteiger partial charge in [0, 0.05) is 66.6 Å². The highest BCUT2D eigenvalue weighted by Crippen LogP contribution is 2.47. The molecule has 3 aromatic carbocycles. The molecule has 0 radical (unpaired) electrons. The van der Waals surface area contributed by atoms with E-state index in [1.54, 1.807) is 0 Å². The Labute approximate surface area is 269 Å². The van der Waals surface area contributed by atoms with Crippen molar-refractivity contribution >= 4 is 27.5 Å². The Kier molecular flexibility index (Phi) is 7.41. The maximum absolute atomic E-state index is 16.9. The molecule has 1 saturated carbocycles. The van der Waals surface area contributed by atoms with Gasteiger partial charge in [-0.1, -0.05) is 12.0 Å². The van der Waals surface area contributed by atoms with Gasteiger partial charge in [-0.2, -0.15) is 9.97 Å². The number of phenols is 1. The molecule has 1 aromatic heterocycles. The van der Waals surface area contributed by atoms with Crippen molar-refractivity contribution in [1.29, 1.82) is 0 Å². The van der Waals surface area contributed by atoms with Crippen molar-refractivity contribution < 1.29 is 27.4 Å². The Morgan fingerprint density at radius 2 is 1.74 bits per heavy atom. The van der Waals surface area contributed by atoms with Gasteiger partial charge < -0.3 is 25.0 Å². The van der Waals surface area contributed by atoms with Gasteiger partial charge in [-0.3, -0.25) is 0 Å². The molecule has 4 aliphatic rings. The van der Waals surface area contributed by atoms with Crippen LogP contribution < -0.4 is 15.0 Å². The molecule has 11 heteroatoms. The summed E-state index contributed by atoms with van der Waals surface area (Å²) in [6.07, 6.45) is 9.87. The fraction of sp³-hybridized carbons (Fsp3) is 0.444. The van der Waals surface area contributed by atoms with E-state index in [2.05, 4.69) is 21.1 Å². The van der Waals surface area contributed by atoms with Crippen molar-refractivity contribution in [2.24, 2.45) is 5.41 Å². The number of aromatic hydroxyl groups is 1. The minimum atomic E-state index is -0.985. The molecule has 1 aliphatic carbocycles. The summed E-state index contributed by atoms with van der Waals surface area (Å²) in [7, 11) is 0. The number of piperazine rings is 1. The monoisotopic (exact) mass is 645 g/mol. The number of piperidine rings is 1. The molecule has 2 bridgehead atoms. The van der Waals surface area contributed by atoms with Crippen LogP contribution in [0.5, 0.6) is 11.8 Å². The average Bonchev–Trinajstić information content (AvgIpc) is 3.74. The fourth-order valence-electron chi connectivity index (χ4n) is 7.72. The smallest absolute Gasteiger partial charge is 0.319 e. The fourth-order valence-corrected chi connectivity index (χ4v) is 7.72. The van der Waals surface area contributed by atoms with Gasteiger partial charge in [-0.25, -0.2) is 17.6 Å². The summed E-state index contributed by atoms with van der Waals surface area (Å²) < 4.78 is 67.9. The molecule has 244 valence electrons. The Morgan fingerprint density at radius 3 is 2.45 bits per heavy atom. The maximum Gasteiger partial charge on any atom is 0.319 e. The summed E-state index contributed by atoms with van der Waals surface area (Å²) in [5.74, 6) is -0.181. The SMILES string of the molecule is C#Cc1c(F)ccc2cc(O)cc(-c3c(F)cc4c(N5CC6CCC(C5)N6)nc(OCC5(CN6CCC(F)CC6)CC5)nc4c3F)c12. The van der Waals surface area contributed by atoms with Crippen LogP contribution in [0.4, 0.5) is 23.4 Å². The van der Waals surface area contributed by atoms with E-state index in [4.69, 9.17) is 16.1 Å². The topological polar surface area (TPSA) is 73.8 Å². The quantitative estimate of drug-likeness (QED) is 0.186. The largest absolute Gasteiger partial charge is 0.508 e. The van der Waals surface area contributed by atoms with E-state index in [1.165, 1.54) is 24.3 Å². The van der Waals surface area contributed by atoms with Gasteiger partial charge in [0.1, 0.15) is 34.9 Å². The van der Waals surface area contributed by atoms with Crippen LogP contribution in [0.15, 0.2) is 30.3 Å². The van der Waals surface area contributed by atoms with Crippen LogP contribution in [0.1, 0.15) is 44.1 Å². The third-order valence-corrected chi connectivity index (χ3v) is 10.4. The molecule has 2 unspecified atom stereocenters. The van der Waals surface area contributed by atoms with E-state index in [9.17, 15) is 13.9 Å². The van der Waals surface area contributed by atoms with Crippen molar-refractivity contribution in [3.05, 3.63) is 53.3 Å². The number of aromatic nitrogens is 2. The molecule has 7 nitrogen and oxygen atoms in total. The maximum atomic E-state index is 16.9. The summed E-state index contributed by atoms with van der Waals surface area (Å²) in [5.41, 5.74) is -0.978. The first-order chi connectivity index (χ1) is 22.7. The van der Waals surface area contributed by atoms with Crippen LogP contribution in [0.25, 0.3) is 32.8 Å². The first kappa shape index (κ1) is 30.2. The minimum Gasteiger partial charge on any atom is -0.508 e. The number of hydrogen-bond acceptors (Lipinski definition) is 7. The van der Waals surface area contributed by atoms with Crippen molar-refractivity contribution in [2.75, 3.05) is 44.2 Å². The normalized spacial score (nSPS) is 22.6. The molecule has 3 aliphatic heterocycles. The number of anilines is 1. The van der Waals surface area contributed by atoms with E-state index < -0.39 is 29.2 Å². The Morgan fingerprint density at radius 1 is 1.00 bits per heavy atom. The molecular weight excluding hydrogens is 610 g/mol. The van der Waals surface area contributed by atoms with E-state index in [0.29, 0.717) is 56.8 Å². The number of phenolic OH excluding ortho intramolecular Hbond substituents is 1. The third-order valence-electron chi connectivity index (χ3n) is 10.4. The number of alkyl halides is 1. The predicted molar refractivity (Wildman–Crippen MR) is 172 cm³/mol. The van der Waals surface area contributed by atoms with Crippen molar-refractivity contribution in [1.82, 2.24) is 20.2 Å². The summed E-state index contributed by atoms with van der Waals surface area (Å²) >= 11 is 0. The number of rotatable bonds is 7. The summed E-state index contributed by atoms with van der Waals surface area (Å²) in [6, 6.07) is 6.78. The third kappa shape index (κ3) is 5.51. The van der Waals surface area contributed by atoms with Crippen LogP contribution in [0, 0.1) is 35.2 Å². The second-order valence-electron chi connectivity index (χ2n) is 13.7. The molecule has 2 atom stereocenters. The Hall–Kier alpha value is -4.14. The van der Waals surface area contributed by atoms with Gasteiger partial charge in [0.05, 0.1) is 17.7 Å². The number of fused-ring (bicyclic) bond motifs is 4. The van der Waals surface area contributed by atoms with Gasteiger partial charge >= 0.3 is 6.01 Å². The molecule has 0 spiro atoms. The number of benzene rings is 3. The highest BCUT2D eigenvalue weighted by Gasteiger charge is 2.45. The summed E-state index contributed by atoms with van der Waals surface area (Å²) in [4.78, 5) is 13.6. The van der Waals surface area contributed by atoms with Gasteiger partial charge in [-0.05, 0) is 68.2 Å². The Bertz CT molecular complexity index is 1920. The number of ether oxygens (including phenoxy) is 1. The molecule has 3 saturated heterocycles. The van der Waals surface area contributed by atoms with E-state index in [0.717, 1.165) is 38.3 Å². The molecule has 0 amide bonds. The van der Waals surface area contributed by atoms with E-state index >= 15 is 8.78 Å². The second kappa shape index (κ2) is 11.5. The first-order valence-electron chi connectivity index (χ1n) is 16.3. The van der Waals surface area contributed by atoms with Crippen molar-refractivity contribution in [3.8, 4) is 35.2 Å². The van der Waals surface area contributed by atoms with Gasteiger partial charge in [0.15, 0.2) is 5.82 Å². The Balaban J connectivity index is 1.23. The molecular formula is C36H35F4N5O2. The first-order valence-corrected chi connectivity index (χ1v) is 16.3. The standard InChI is InChI=1S/C36H35F4N5O2/c1-2-25-28(38)6-3-20-13-24(46)14-26(30(20)25)31-29(39)15-27-33(32(31)40)42-35(43-34(27)45-16-22-4-5-23(17-45)41-22)47-19-36(9-10-36)18-44-11-7-21(37)8-12-44/h1,3,6,13-15,21-23,41,46H,4-5,7-12,16-19H2. The molecule has 8 rings (SSSR count). The number of halogens is 4. The zero-order chi connectivity index (χ0) is 32.4. The predicted octanol–water partition coefficient (Wildman–Crippen LogP) is 6.09. The average molecular weight is 646 g/mol. The van der Waals surface area contributed by atoms with Gasteiger partial charge in [0.2, 0.25) is 0 Å². The van der Waals surface area contributed by atoms with Crippen LogP contribution in [-0.2, 0) is 0 Å². The van der Waals surface area contributed by atoms with Crippen molar-refractivity contribution in [2.45, 2.75) is 56.8 Å². The van der Waals surface area contributed by atoms with Crippen molar-refractivity contribution in [3.63, 3.8) is 0 Å². The molecule has 4 fully saturated rings. The highest BCUT2D eigenvalue weighted by molar-refractivity contribution is 6.04. The molecule has 2 N–H and O–H groups in total. The zero-order valence-corrected chi connectivity index (χ0v) is 25.8. The second-order valence-corrected chi connectivity index (χ2v) is 13.7. The zero-order valence-electron chi connectivity index (χ0n) is 25.8. The van der Waals surface area contributed by atoms with Crippen LogP contribution >= 0.6 is 0 Å². The van der Waals surface area contributed by atoms with E-state index in [-0.39, 0.29) is 56.7 Å². The number of nitrogens with one attached hydrogen (secondary N) is 1. The lowest BCUT2D eigenvalue weighted by Gasteiger charge is -2.34. The lowest BCUT2D eigenvalue weighted by atomic mass is 9.92. The lowest BCUT2D eigenvalue weighted by Crippen LogP contribution is -2.51. The highest BCUT2D eigenvalue weighted by atomic mass is 19.1. The summed E-state index contributed by atoms with van der Waals surface area (Å²) in [5, 5.41) is 14.7. The molecule has 4 heterocycles. The number of likely N-dealkylation sites (tertiary alicyclic amines) is 1. The van der Waals surface area contributed by atoms with Gasteiger partial charge in [0.25, 0.3) is 0 Å². The minimum absolute atomic E-state index is 0.0142. The number of hydrogen-bond donors (Lipinski definition) is 2. The van der Waals surface area contributed by atoms with Crippen LogP contribution in [0.2, 0.25) is 0 Å². The molecule has 47 heavy (non-hydrogen) atoms. The summed E-state index contributed by atoms with van der Waals surface area (Å²) in [6.45, 7) is 3.74. The van der Waals surface area contributed by atoms with Gasteiger partial charge in [-0.15, -0.1) is 6.42 Å². The van der Waals surface area contributed by atoms with Crippen LogP contribution in [-0.4, -0.2) is 77.6 Å². The number of terminal acetylenes is 1. The molecule has 4 aromatic rings.